The molecule has 1 atom stereocenters. The van der Waals surface area contributed by atoms with E-state index in [1.165, 1.54) is 16.7 Å². The Kier molecular flexibility index (Phi) is 3.99. The first kappa shape index (κ1) is 14.8. The lowest BCUT2D eigenvalue weighted by molar-refractivity contribution is -0.116. The molecule has 2 aromatic rings. The monoisotopic (exact) mass is 294 g/mol. The first-order chi connectivity index (χ1) is 10.6. The number of fused-ring (bicyclic) bond motifs is 1. The standard InChI is InChI=1S/C19H22N2O/c1-3-13-10-15-7-8-17(22)21-19(15)16(11-13)18(20)14-6-4-5-12(2)9-14/h4-6,9-11,18H,3,7-8,20H2,1-2H3,(H,21,22). The van der Waals surface area contributed by atoms with Crippen LogP contribution < -0.4 is 11.1 Å². The predicted octanol–water partition coefficient (Wildman–Crippen LogP) is 3.49. The number of nitrogens with one attached hydrogen (secondary N) is 1. The maximum atomic E-state index is 11.8. The second-order valence-electron chi connectivity index (χ2n) is 6.01. The second-order valence-corrected chi connectivity index (χ2v) is 6.01. The van der Waals surface area contributed by atoms with Gasteiger partial charge in [-0.2, -0.15) is 0 Å². The van der Waals surface area contributed by atoms with E-state index >= 15 is 0 Å². The largest absolute Gasteiger partial charge is 0.326 e. The van der Waals surface area contributed by atoms with E-state index in [2.05, 4.69) is 43.4 Å². The Balaban J connectivity index is 2.10. The minimum Gasteiger partial charge on any atom is -0.326 e. The normalized spacial score (nSPS) is 15.1. The number of carbonyl (C=O) groups excluding carboxylic acids is 1. The summed E-state index contributed by atoms with van der Waals surface area (Å²) in [6, 6.07) is 12.4. The van der Waals surface area contributed by atoms with Gasteiger partial charge in [0.2, 0.25) is 5.91 Å². The van der Waals surface area contributed by atoms with Gasteiger partial charge in [0.05, 0.1) is 6.04 Å². The van der Waals surface area contributed by atoms with Crippen molar-refractivity contribution < 1.29 is 4.79 Å². The molecule has 1 aliphatic rings. The average Bonchev–Trinajstić information content (AvgIpc) is 2.53. The third kappa shape index (κ3) is 2.77. The van der Waals surface area contributed by atoms with Gasteiger partial charge in [0, 0.05) is 12.1 Å². The summed E-state index contributed by atoms with van der Waals surface area (Å²) >= 11 is 0. The molecule has 0 aromatic heterocycles. The van der Waals surface area contributed by atoms with Crippen molar-refractivity contribution in [3.05, 3.63) is 64.2 Å². The van der Waals surface area contributed by atoms with Crippen LogP contribution in [0.3, 0.4) is 0 Å². The van der Waals surface area contributed by atoms with Crippen LogP contribution in [0.2, 0.25) is 0 Å². The molecular weight excluding hydrogens is 272 g/mol. The smallest absolute Gasteiger partial charge is 0.224 e. The fraction of sp³-hybridized carbons (Fsp3) is 0.316. The number of hydrogen-bond donors (Lipinski definition) is 2. The highest BCUT2D eigenvalue weighted by Crippen LogP contribution is 2.34. The van der Waals surface area contributed by atoms with Gasteiger partial charge >= 0.3 is 0 Å². The highest BCUT2D eigenvalue weighted by Gasteiger charge is 2.22. The second kappa shape index (κ2) is 5.93. The van der Waals surface area contributed by atoms with E-state index in [-0.39, 0.29) is 11.9 Å². The van der Waals surface area contributed by atoms with Gasteiger partial charge in [-0.3, -0.25) is 4.79 Å². The molecule has 1 amide bonds. The highest BCUT2D eigenvalue weighted by molar-refractivity contribution is 5.95. The first-order valence-corrected chi connectivity index (χ1v) is 7.86. The van der Waals surface area contributed by atoms with E-state index in [9.17, 15) is 4.79 Å². The molecule has 0 saturated heterocycles. The average molecular weight is 294 g/mol. The van der Waals surface area contributed by atoms with E-state index in [0.717, 1.165) is 29.7 Å². The van der Waals surface area contributed by atoms with Gasteiger partial charge < -0.3 is 11.1 Å². The summed E-state index contributed by atoms with van der Waals surface area (Å²) in [6.07, 6.45) is 2.32. The molecule has 114 valence electrons. The number of aryl methyl sites for hydroxylation is 3. The minimum atomic E-state index is -0.224. The Morgan fingerprint density at radius 1 is 1.23 bits per heavy atom. The summed E-state index contributed by atoms with van der Waals surface area (Å²) < 4.78 is 0. The van der Waals surface area contributed by atoms with Gasteiger partial charge in [0.15, 0.2) is 0 Å². The maximum absolute atomic E-state index is 11.8. The Morgan fingerprint density at radius 3 is 2.77 bits per heavy atom. The number of amides is 1. The molecule has 0 bridgehead atoms. The van der Waals surface area contributed by atoms with Crippen molar-refractivity contribution >= 4 is 11.6 Å². The molecule has 1 aliphatic heterocycles. The zero-order chi connectivity index (χ0) is 15.7. The lowest BCUT2D eigenvalue weighted by Crippen LogP contribution is -2.23. The summed E-state index contributed by atoms with van der Waals surface area (Å²) in [4.78, 5) is 11.8. The molecule has 1 unspecified atom stereocenters. The highest BCUT2D eigenvalue weighted by atomic mass is 16.1. The van der Waals surface area contributed by atoms with Gasteiger partial charge in [0.25, 0.3) is 0 Å². The fourth-order valence-electron chi connectivity index (χ4n) is 3.09. The van der Waals surface area contributed by atoms with Crippen LogP contribution in [0.4, 0.5) is 5.69 Å². The topological polar surface area (TPSA) is 55.1 Å². The van der Waals surface area contributed by atoms with Crippen LogP contribution in [0, 0.1) is 6.92 Å². The van der Waals surface area contributed by atoms with Crippen LogP contribution in [0.5, 0.6) is 0 Å². The van der Waals surface area contributed by atoms with Gasteiger partial charge in [-0.25, -0.2) is 0 Å². The van der Waals surface area contributed by atoms with Crippen molar-refractivity contribution in [2.45, 2.75) is 39.2 Å². The van der Waals surface area contributed by atoms with Crippen molar-refractivity contribution in [2.24, 2.45) is 5.73 Å². The Morgan fingerprint density at radius 2 is 2.05 bits per heavy atom. The van der Waals surface area contributed by atoms with E-state index in [0.29, 0.717) is 6.42 Å². The Bertz CT molecular complexity index is 721. The quantitative estimate of drug-likeness (QED) is 0.910. The molecule has 0 radical (unpaired) electrons. The van der Waals surface area contributed by atoms with Crippen LogP contribution >= 0.6 is 0 Å². The van der Waals surface area contributed by atoms with Crippen LogP contribution in [0.1, 0.15) is 47.2 Å². The van der Waals surface area contributed by atoms with Crippen molar-refractivity contribution in [1.29, 1.82) is 0 Å². The summed E-state index contributed by atoms with van der Waals surface area (Å²) in [5, 5.41) is 3.03. The molecule has 0 aliphatic carbocycles. The molecule has 3 N–H and O–H groups in total. The molecule has 0 saturated carbocycles. The Labute approximate surface area is 131 Å². The summed E-state index contributed by atoms with van der Waals surface area (Å²) in [5.41, 5.74) is 13.2. The Hall–Kier alpha value is -2.13. The number of hydrogen-bond acceptors (Lipinski definition) is 2. The molecule has 0 fully saturated rings. The third-order valence-electron chi connectivity index (χ3n) is 4.34. The zero-order valence-corrected chi connectivity index (χ0v) is 13.1. The number of carbonyl (C=O) groups is 1. The number of rotatable bonds is 3. The molecule has 3 rings (SSSR count). The van der Waals surface area contributed by atoms with E-state index in [1.54, 1.807) is 0 Å². The van der Waals surface area contributed by atoms with Crippen LogP contribution in [-0.2, 0) is 17.6 Å². The summed E-state index contributed by atoms with van der Waals surface area (Å²) in [6.45, 7) is 4.21. The summed E-state index contributed by atoms with van der Waals surface area (Å²) in [5.74, 6) is 0.0782. The van der Waals surface area contributed by atoms with Crippen LogP contribution in [0.15, 0.2) is 36.4 Å². The van der Waals surface area contributed by atoms with E-state index in [4.69, 9.17) is 5.73 Å². The fourth-order valence-corrected chi connectivity index (χ4v) is 3.09. The van der Waals surface area contributed by atoms with Gasteiger partial charge in [-0.1, -0.05) is 48.9 Å². The van der Waals surface area contributed by atoms with Crippen LogP contribution in [-0.4, -0.2) is 5.91 Å². The van der Waals surface area contributed by atoms with Gasteiger partial charge in [0.1, 0.15) is 0 Å². The lowest BCUT2D eigenvalue weighted by Gasteiger charge is -2.25. The van der Waals surface area contributed by atoms with E-state index in [1.807, 2.05) is 12.1 Å². The molecule has 1 heterocycles. The van der Waals surface area contributed by atoms with Crippen molar-refractivity contribution in [3.8, 4) is 0 Å². The molecule has 3 nitrogen and oxygen atoms in total. The van der Waals surface area contributed by atoms with Gasteiger partial charge in [-0.15, -0.1) is 0 Å². The molecular formula is C19H22N2O. The molecule has 2 aromatic carbocycles. The first-order valence-electron chi connectivity index (χ1n) is 7.86. The third-order valence-corrected chi connectivity index (χ3v) is 4.34. The van der Waals surface area contributed by atoms with Crippen LogP contribution in [0.25, 0.3) is 0 Å². The van der Waals surface area contributed by atoms with Crippen molar-refractivity contribution in [3.63, 3.8) is 0 Å². The minimum absolute atomic E-state index is 0.0782. The number of benzene rings is 2. The lowest BCUT2D eigenvalue weighted by atomic mass is 9.89. The van der Waals surface area contributed by atoms with E-state index < -0.39 is 0 Å². The predicted molar refractivity (Wildman–Crippen MR) is 90.0 cm³/mol. The van der Waals surface area contributed by atoms with Crippen molar-refractivity contribution in [1.82, 2.24) is 0 Å². The number of nitrogens with two attached hydrogens (primary N) is 1. The van der Waals surface area contributed by atoms with Crippen molar-refractivity contribution in [2.75, 3.05) is 5.32 Å². The zero-order valence-electron chi connectivity index (χ0n) is 13.1. The molecule has 0 spiro atoms. The summed E-state index contributed by atoms with van der Waals surface area (Å²) in [7, 11) is 0. The maximum Gasteiger partial charge on any atom is 0.224 e. The SMILES string of the molecule is CCc1cc2c(c(C(N)c3cccc(C)c3)c1)NC(=O)CC2. The molecule has 3 heteroatoms. The number of anilines is 1. The van der Waals surface area contributed by atoms with Gasteiger partial charge in [-0.05, 0) is 42.0 Å². The molecule has 22 heavy (non-hydrogen) atoms.